The van der Waals surface area contributed by atoms with Crippen LogP contribution in [-0.2, 0) is 0 Å². The second-order valence-electron chi connectivity index (χ2n) is 3.88. The first-order valence-corrected chi connectivity index (χ1v) is 5.58. The number of hydrogen-bond donors (Lipinski definition) is 0. The van der Waals surface area contributed by atoms with E-state index >= 15 is 0 Å². The van der Waals surface area contributed by atoms with Gasteiger partial charge in [0, 0.05) is 11.6 Å². The molecular formula is C16H15N. The van der Waals surface area contributed by atoms with E-state index < -0.39 is 0 Å². The molecule has 17 heavy (non-hydrogen) atoms. The molecule has 1 nitrogen and oxygen atoms in total. The molecule has 0 radical (unpaired) electrons. The fourth-order valence-corrected chi connectivity index (χ4v) is 1.93. The molecule has 0 spiro atoms. The van der Waals surface area contributed by atoms with Crippen molar-refractivity contribution in [3.8, 4) is 0 Å². The van der Waals surface area contributed by atoms with Gasteiger partial charge in [-0.2, -0.15) is 0 Å². The van der Waals surface area contributed by atoms with Crippen LogP contribution >= 0.6 is 0 Å². The van der Waals surface area contributed by atoms with Crippen molar-refractivity contribution in [1.82, 2.24) is 4.98 Å². The van der Waals surface area contributed by atoms with E-state index in [-0.39, 0.29) is 0 Å². The minimum atomic E-state index is 1.00. The monoisotopic (exact) mass is 221 g/mol. The molecule has 0 fully saturated rings. The number of pyridine rings is 1. The minimum absolute atomic E-state index is 1.00. The predicted octanol–water partition coefficient (Wildman–Crippen LogP) is 4.38. The average Bonchev–Trinajstić information content (AvgIpc) is 2.39. The van der Waals surface area contributed by atoms with Crippen molar-refractivity contribution in [3.05, 3.63) is 73.0 Å². The van der Waals surface area contributed by atoms with E-state index in [1.807, 2.05) is 43.5 Å². The second-order valence-corrected chi connectivity index (χ2v) is 3.88. The van der Waals surface area contributed by atoms with Gasteiger partial charge in [0.25, 0.3) is 0 Å². The number of fused-ring (bicyclic) bond motifs is 1. The lowest BCUT2D eigenvalue weighted by Gasteiger charge is -2.09. The Bertz CT molecular complexity index is 600. The Morgan fingerprint density at radius 2 is 1.94 bits per heavy atom. The Hall–Kier alpha value is -2.15. The Labute approximate surface area is 102 Å². The molecule has 2 rings (SSSR count). The van der Waals surface area contributed by atoms with Crippen LogP contribution < -0.4 is 0 Å². The number of allylic oxidation sites excluding steroid dienone is 4. The summed E-state index contributed by atoms with van der Waals surface area (Å²) < 4.78 is 0. The molecule has 1 aromatic heterocycles. The van der Waals surface area contributed by atoms with Crippen LogP contribution in [0, 0.1) is 0 Å². The lowest BCUT2D eigenvalue weighted by atomic mass is 9.97. The van der Waals surface area contributed by atoms with E-state index in [4.69, 9.17) is 0 Å². The number of hydrogen-bond acceptors (Lipinski definition) is 1. The van der Waals surface area contributed by atoms with Gasteiger partial charge < -0.3 is 0 Å². The zero-order valence-corrected chi connectivity index (χ0v) is 9.98. The molecule has 0 bridgehead atoms. The van der Waals surface area contributed by atoms with Gasteiger partial charge in [-0.1, -0.05) is 43.5 Å². The van der Waals surface area contributed by atoms with Gasteiger partial charge >= 0.3 is 0 Å². The molecule has 2 aromatic rings. The first kappa shape index (κ1) is 11.3. The van der Waals surface area contributed by atoms with E-state index in [9.17, 15) is 0 Å². The SMILES string of the molecule is C=C/C(C)=C(\C=C)c1cccc2ncccc12. The highest BCUT2D eigenvalue weighted by molar-refractivity contribution is 5.95. The maximum Gasteiger partial charge on any atom is 0.0708 e. The second kappa shape index (κ2) is 4.79. The van der Waals surface area contributed by atoms with E-state index in [1.54, 1.807) is 0 Å². The van der Waals surface area contributed by atoms with Gasteiger partial charge in [-0.05, 0) is 35.8 Å². The van der Waals surface area contributed by atoms with Gasteiger partial charge in [0.2, 0.25) is 0 Å². The number of rotatable bonds is 3. The van der Waals surface area contributed by atoms with Crippen molar-refractivity contribution in [3.63, 3.8) is 0 Å². The van der Waals surface area contributed by atoms with E-state index in [2.05, 4.69) is 30.3 Å². The third-order valence-corrected chi connectivity index (χ3v) is 2.87. The summed E-state index contributed by atoms with van der Waals surface area (Å²) in [6.45, 7) is 9.74. The van der Waals surface area contributed by atoms with Crippen LogP contribution in [-0.4, -0.2) is 4.98 Å². The van der Waals surface area contributed by atoms with Crippen molar-refractivity contribution >= 4 is 16.5 Å². The molecule has 0 saturated heterocycles. The van der Waals surface area contributed by atoms with Crippen LogP contribution in [0.3, 0.4) is 0 Å². The zero-order chi connectivity index (χ0) is 12.3. The van der Waals surface area contributed by atoms with Gasteiger partial charge in [0.1, 0.15) is 0 Å². The van der Waals surface area contributed by atoms with E-state index in [0.29, 0.717) is 0 Å². The fraction of sp³-hybridized carbons (Fsp3) is 0.0625. The molecule has 0 unspecified atom stereocenters. The van der Waals surface area contributed by atoms with E-state index in [0.717, 1.165) is 27.6 Å². The largest absolute Gasteiger partial charge is 0.256 e. The Balaban J connectivity index is 2.79. The lowest BCUT2D eigenvalue weighted by molar-refractivity contribution is 1.41. The Morgan fingerprint density at radius 3 is 2.65 bits per heavy atom. The highest BCUT2D eigenvalue weighted by Crippen LogP contribution is 2.27. The van der Waals surface area contributed by atoms with Crippen LogP contribution in [0.5, 0.6) is 0 Å². The van der Waals surface area contributed by atoms with Crippen LogP contribution in [0.1, 0.15) is 12.5 Å². The van der Waals surface area contributed by atoms with Crippen LogP contribution in [0.25, 0.3) is 16.5 Å². The standard InChI is InChI=1S/C16H15N/c1-4-12(3)13(5-2)14-8-6-10-16-15(14)9-7-11-17-16/h4-11H,1-2H2,3H3/b13-12+. The highest BCUT2D eigenvalue weighted by atomic mass is 14.6. The van der Waals surface area contributed by atoms with E-state index in [1.165, 1.54) is 0 Å². The summed E-state index contributed by atoms with van der Waals surface area (Å²) in [6.07, 6.45) is 5.54. The first-order valence-electron chi connectivity index (χ1n) is 5.58. The molecule has 84 valence electrons. The molecule has 0 atom stereocenters. The van der Waals surface area contributed by atoms with Crippen molar-refractivity contribution in [2.24, 2.45) is 0 Å². The summed E-state index contributed by atoms with van der Waals surface area (Å²) in [5.74, 6) is 0. The average molecular weight is 221 g/mol. The number of nitrogens with zero attached hydrogens (tertiary/aromatic N) is 1. The van der Waals surface area contributed by atoms with Crippen LogP contribution in [0.4, 0.5) is 0 Å². The van der Waals surface area contributed by atoms with Gasteiger partial charge in [0.15, 0.2) is 0 Å². The van der Waals surface area contributed by atoms with Gasteiger partial charge in [-0.3, -0.25) is 4.98 Å². The topological polar surface area (TPSA) is 12.9 Å². The molecule has 1 heterocycles. The van der Waals surface area contributed by atoms with Crippen molar-refractivity contribution in [1.29, 1.82) is 0 Å². The normalized spacial score (nSPS) is 12.1. The molecule has 0 aliphatic carbocycles. The maximum atomic E-state index is 4.36. The smallest absolute Gasteiger partial charge is 0.0708 e. The fourth-order valence-electron chi connectivity index (χ4n) is 1.93. The third kappa shape index (κ3) is 2.04. The quantitative estimate of drug-likeness (QED) is 0.701. The number of aromatic nitrogens is 1. The molecule has 0 saturated carbocycles. The molecule has 0 aliphatic rings. The highest BCUT2D eigenvalue weighted by Gasteiger charge is 2.05. The number of benzene rings is 1. The molecule has 0 aliphatic heterocycles. The van der Waals surface area contributed by atoms with Crippen LogP contribution in [0.2, 0.25) is 0 Å². The zero-order valence-electron chi connectivity index (χ0n) is 9.98. The molecule has 0 amide bonds. The molecule has 0 N–H and O–H groups in total. The summed E-state index contributed by atoms with van der Waals surface area (Å²) in [7, 11) is 0. The summed E-state index contributed by atoms with van der Waals surface area (Å²) >= 11 is 0. The van der Waals surface area contributed by atoms with Crippen molar-refractivity contribution in [2.75, 3.05) is 0 Å². The molecule has 1 aromatic carbocycles. The maximum absolute atomic E-state index is 4.36. The van der Waals surface area contributed by atoms with Crippen molar-refractivity contribution in [2.45, 2.75) is 6.92 Å². The summed E-state index contributed by atoms with van der Waals surface area (Å²) in [6, 6.07) is 10.2. The van der Waals surface area contributed by atoms with Crippen molar-refractivity contribution < 1.29 is 0 Å². The lowest BCUT2D eigenvalue weighted by Crippen LogP contribution is -1.88. The first-order chi connectivity index (χ1) is 8.27. The molecule has 1 heteroatoms. The Kier molecular flexibility index (Phi) is 3.20. The van der Waals surface area contributed by atoms with Crippen LogP contribution in [0.15, 0.2) is 67.4 Å². The molecular weight excluding hydrogens is 206 g/mol. The summed E-state index contributed by atoms with van der Waals surface area (Å²) in [5.41, 5.74) is 4.39. The van der Waals surface area contributed by atoms with Gasteiger partial charge in [-0.15, -0.1) is 0 Å². The summed E-state index contributed by atoms with van der Waals surface area (Å²) in [4.78, 5) is 4.36. The van der Waals surface area contributed by atoms with Gasteiger partial charge in [0.05, 0.1) is 5.52 Å². The predicted molar refractivity (Wildman–Crippen MR) is 74.7 cm³/mol. The minimum Gasteiger partial charge on any atom is -0.256 e. The summed E-state index contributed by atoms with van der Waals surface area (Å²) in [5, 5.41) is 1.14. The Morgan fingerprint density at radius 1 is 1.12 bits per heavy atom. The van der Waals surface area contributed by atoms with Gasteiger partial charge in [-0.25, -0.2) is 0 Å². The third-order valence-electron chi connectivity index (χ3n) is 2.87.